The molecule has 0 aliphatic heterocycles. The molecule has 19 heavy (non-hydrogen) atoms. The minimum atomic E-state index is -0.800. The number of rotatable bonds is 4. The molecule has 0 bridgehead atoms. The minimum absolute atomic E-state index is 0.0450. The highest BCUT2D eigenvalue weighted by Gasteiger charge is 2.12. The van der Waals surface area contributed by atoms with Crippen LogP contribution in [-0.4, -0.2) is 16.9 Å². The molecule has 0 amide bonds. The van der Waals surface area contributed by atoms with Gasteiger partial charge in [0.05, 0.1) is 6.42 Å². The summed E-state index contributed by atoms with van der Waals surface area (Å²) in [4.78, 5) is 22.0. The molecule has 1 unspecified atom stereocenters. The number of ketones is 1. The maximum absolute atomic E-state index is 11.3. The number of carboxylic acid groups (broad SMARTS) is 1. The first-order chi connectivity index (χ1) is 8.97. The third kappa shape index (κ3) is 3.32. The molecule has 0 radical (unpaired) electrons. The summed E-state index contributed by atoms with van der Waals surface area (Å²) < 4.78 is -0.0491. The van der Waals surface area contributed by atoms with Gasteiger partial charge >= 0.3 is 5.97 Å². The number of Topliss-reactive ketones (excluding diaryl/α,β-unsaturated/α-hetero) is 1. The third-order valence-electron chi connectivity index (χ3n) is 2.99. The van der Waals surface area contributed by atoms with Crippen molar-refractivity contribution >= 4 is 45.1 Å². The molecule has 0 saturated carbocycles. The summed E-state index contributed by atoms with van der Waals surface area (Å²) in [7, 11) is 0. The third-order valence-corrected chi connectivity index (χ3v) is 4.15. The number of carbonyl (C=O) groups is 2. The van der Waals surface area contributed by atoms with Crippen LogP contribution < -0.4 is 0 Å². The molecule has 2 aromatic carbocycles. The van der Waals surface area contributed by atoms with E-state index in [9.17, 15) is 9.59 Å². The van der Waals surface area contributed by atoms with Gasteiger partial charge in [0, 0.05) is 9.49 Å². The molecule has 0 spiro atoms. The summed E-state index contributed by atoms with van der Waals surface area (Å²) in [5.41, 5.74) is 1.68. The van der Waals surface area contributed by atoms with E-state index in [-0.39, 0.29) is 16.1 Å². The van der Waals surface area contributed by atoms with Crippen LogP contribution in [0.5, 0.6) is 0 Å². The highest BCUT2D eigenvalue weighted by atomic mass is 127. The highest BCUT2D eigenvalue weighted by Crippen LogP contribution is 2.29. The van der Waals surface area contributed by atoms with E-state index in [4.69, 9.17) is 5.11 Å². The first-order valence-corrected chi connectivity index (χ1v) is 7.12. The SMILES string of the molecule is CC(=O)c1ccc2cc(C(I)CC(=O)O)ccc2c1. The number of hydrogen-bond donors (Lipinski definition) is 1. The summed E-state index contributed by atoms with van der Waals surface area (Å²) >= 11 is 2.14. The predicted molar refractivity (Wildman–Crippen MR) is 83.0 cm³/mol. The van der Waals surface area contributed by atoms with Gasteiger partial charge in [0.25, 0.3) is 0 Å². The smallest absolute Gasteiger partial charge is 0.304 e. The molecule has 0 saturated heterocycles. The van der Waals surface area contributed by atoms with Crippen molar-refractivity contribution in [3.8, 4) is 0 Å². The van der Waals surface area contributed by atoms with Crippen LogP contribution in [0.1, 0.15) is 33.2 Å². The lowest BCUT2D eigenvalue weighted by Crippen LogP contribution is -2.00. The average molecular weight is 368 g/mol. The van der Waals surface area contributed by atoms with Gasteiger partial charge in [-0.2, -0.15) is 0 Å². The molecule has 0 fully saturated rings. The van der Waals surface area contributed by atoms with Gasteiger partial charge < -0.3 is 5.11 Å². The molecule has 1 N–H and O–H groups in total. The molecule has 3 nitrogen and oxygen atoms in total. The number of carbonyl (C=O) groups excluding carboxylic acids is 1. The quantitative estimate of drug-likeness (QED) is 0.504. The van der Waals surface area contributed by atoms with Crippen LogP contribution in [-0.2, 0) is 4.79 Å². The Kier molecular flexibility index (Phi) is 4.19. The lowest BCUT2D eigenvalue weighted by molar-refractivity contribution is -0.136. The predicted octanol–water partition coefficient (Wildman–Crippen LogP) is 3.99. The van der Waals surface area contributed by atoms with Crippen molar-refractivity contribution in [3.63, 3.8) is 0 Å². The van der Waals surface area contributed by atoms with Crippen molar-refractivity contribution in [3.05, 3.63) is 47.5 Å². The van der Waals surface area contributed by atoms with Crippen molar-refractivity contribution in [2.24, 2.45) is 0 Å². The second-order valence-electron chi connectivity index (χ2n) is 4.44. The van der Waals surface area contributed by atoms with Crippen molar-refractivity contribution < 1.29 is 14.7 Å². The number of fused-ring (bicyclic) bond motifs is 1. The lowest BCUT2D eigenvalue weighted by atomic mass is 10.0. The fraction of sp³-hybridized carbons (Fsp3) is 0.200. The molecule has 4 heteroatoms. The molecule has 2 aromatic rings. The molecular weight excluding hydrogens is 355 g/mol. The second-order valence-corrected chi connectivity index (χ2v) is 5.95. The second kappa shape index (κ2) is 5.69. The van der Waals surface area contributed by atoms with E-state index in [0.717, 1.165) is 16.3 Å². The minimum Gasteiger partial charge on any atom is -0.481 e. The zero-order chi connectivity index (χ0) is 14.0. The van der Waals surface area contributed by atoms with Crippen LogP contribution in [0.3, 0.4) is 0 Å². The van der Waals surface area contributed by atoms with Crippen LogP contribution in [0.2, 0.25) is 0 Å². The van der Waals surface area contributed by atoms with E-state index in [1.807, 2.05) is 30.3 Å². The summed E-state index contributed by atoms with van der Waals surface area (Å²) in [5.74, 6) is -0.755. The lowest BCUT2D eigenvalue weighted by Gasteiger charge is -2.09. The van der Waals surface area contributed by atoms with Gasteiger partial charge in [-0.05, 0) is 29.3 Å². The molecular formula is C15H13IO3. The van der Waals surface area contributed by atoms with Crippen molar-refractivity contribution in [2.45, 2.75) is 17.3 Å². The molecule has 1 atom stereocenters. The fourth-order valence-electron chi connectivity index (χ4n) is 1.95. The largest absolute Gasteiger partial charge is 0.481 e. The maximum Gasteiger partial charge on any atom is 0.304 e. The number of carboxylic acids is 1. The molecule has 0 aliphatic rings. The first-order valence-electron chi connectivity index (χ1n) is 5.88. The number of aliphatic carboxylic acids is 1. The van der Waals surface area contributed by atoms with Gasteiger partial charge in [0.1, 0.15) is 0 Å². The molecule has 0 heterocycles. The van der Waals surface area contributed by atoms with E-state index in [1.165, 1.54) is 0 Å². The first kappa shape index (κ1) is 14.0. The standard InChI is InChI=1S/C15H13IO3/c1-9(17)10-2-3-12-7-13(5-4-11(12)6-10)14(16)8-15(18)19/h2-7,14H,8H2,1H3,(H,18,19). The summed E-state index contributed by atoms with van der Waals surface area (Å²) in [6.45, 7) is 1.54. The van der Waals surface area contributed by atoms with Crippen molar-refractivity contribution in [2.75, 3.05) is 0 Å². The summed E-state index contributed by atoms with van der Waals surface area (Å²) in [5, 5.41) is 10.8. The van der Waals surface area contributed by atoms with Gasteiger partial charge in [-0.25, -0.2) is 0 Å². The van der Waals surface area contributed by atoms with Crippen LogP contribution in [0, 0.1) is 0 Å². The molecule has 98 valence electrons. The highest BCUT2D eigenvalue weighted by molar-refractivity contribution is 14.1. The van der Waals surface area contributed by atoms with E-state index < -0.39 is 5.97 Å². The Morgan fingerprint density at radius 3 is 2.42 bits per heavy atom. The molecule has 0 aromatic heterocycles. The number of hydrogen-bond acceptors (Lipinski definition) is 2. The molecule has 2 rings (SSSR count). The van der Waals surface area contributed by atoms with Crippen LogP contribution >= 0.6 is 22.6 Å². The normalized spacial score (nSPS) is 12.3. The van der Waals surface area contributed by atoms with E-state index in [0.29, 0.717) is 5.56 Å². The fourth-order valence-corrected chi connectivity index (χ4v) is 2.71. The van der Waals surface area contributed by atoms with E-state index in [1.54, 1.807) is 13.0 Å². The van der Waals surface area contributed by atoms with Crippen LogP contribution in [0.15, 0.2) is 36.4 Å². The van der Waals surface area contributed by atoms with Gasteiger partial charge in [0.15, 0.2) is 5.78 Å². The molecule has 0 aliphatic carbocycles. The zero-order valence-corrected chi connectivity index (χ0v) is 12.5. The topological polar surface area (TPSA) is 54.4 Å². The van der Waals surface area contributed by atoms with Crippen molar-refractivity contribution in [1.29, 1.82) is 0 Å². The Bertz CT molecular complexity index is 649. The Hall–Kier alpha value is -1.43. The zero-order valence-electron chi connectivity index (χ0n) is 10.4. The monoisotopic (exact) mass is 368 g/mol. The Labute approximate surface area is 124 Å². The van der Waals surface area contributed by atoms with E-state index >= 15 is 0 Å². The Morgan fingerprint density at radius 1 is 1.16 bits per heavy atom. The summed E-state index contributed by atoms with van der Waals surface area (Å²) in [6, 6.07) is 11.4. The van der Waals surface area contributed by atoms with Crippen LogP contribution in [0.25, 0.3) is 10.8 Å². The average Bonchev–Trinajstić information content (AvgIpc) is 2.36. The van der Waals surface area contributed by atoms with Crippen LogP contribution in [0.4, 0.5) is 0 Å². The number of benzene rings is 2. The maximum atomic E-state index is 11.3. The van der Waals surface area contributed by atoms with Crippen molar-refractivity contribution in [1.82, 2.24) is 0 Å². The van der Waals surface area contributed by atoms with Gasteiger partial charge in [-0.15, -0.1) is 0 Å². The number of halogens is 1. The van der Waals surface area contributed by atoms with E-state index in [2.05, 4.69) is 22.6 Å². The summed E-state index contributed by atoms with van der Waals surface area (Å²) in [6.07, 6.45) is 0.109. The number of alkyl halides is 1. The van der Waals surface area contributed by atoms with Gasteiger partial charge in [-0.1, -0.05) is 52.9 Å². The van der Waals surface area contributed by atoms with Gasteiger partial charge in [0.2, 0.25) is 0 Å². The Balaban J connectivity index is 2.39. The Morgan fingerprint density at radius 2 is 1.79 bits per heavy atom. The van der Waals surface area contributed by atoms with Gasteiger partial charge in [-0.3, -0.25) is 9.59 Å².